The van der Waals surface area contributed by atoms with E-state index in [1.54, 1.807) is 0 Å². The van der Waals surface area contributed by atoms with Crippen LogP contribution >= 0.6 is 0 Å². The third-order valence-corrected chi connectivity index (χ3v) is 4.88. The van der Waals surface area contributed by atoms with E-state index in [1.807, 2.05) is 12.3 Å². The minimum absolute atomic E-state index is 0.219. The standard InChI is InChI=1S/C17H27N3O/c1-2-14(18)12-13-6-5-9-19-17(13)20-10-11-21-16-8-4-3-7-15(16)20/h5-6,9,14-16H,2-4,7-8,10-12,18H2,1H3. The molecule has 0 radical (unpaired) electrons. The van der Waals surface area contributed by atoms with Gasteiger partial charge in [0.05, 0.1) is 18.8 Å². The summed E-state index contributed by atoms with van der Waals surface area (Å²) in [7, 11) is 0. The van der Waals surface area contributed by atoms with E-state index in [0.717, 1.165) is 31.8 Å². The number of aromatic nitrogens is 1. The number of morpholine rings is 1. The first-order valence-corrected chi connectivity index (χ1v) is 8.37. The molecule has 1 aliphatic carbocycles. The van der Waals surface area contributed by atoms with Gasteiger partial charge in [0.15, 0.2) is 0 Å². The molecule has 0 spiro atoms. The third kappa shape index (κ3) is 3.22. The van der Waals surface area contributed by atoms with E-state index >= 15 is 0 Å². The van der Waals surface area contributed by atoms with Crippen LogP contribution < -0.4 is 10.6 Å². The minimum atomic E-state index is 0.219. The number of hydrogen-bond acceptors (Lipinski definition) is 4. The normalized spacial score (nSPS) is 27.2. The maximum Gasteiger partial charge on any atom is 0.132 e. The van der Waals surface area contributed by atoms with Crippen LogP contribution in [0.4, 0.5) is 5.82 Å². The molecule has 4 heteroatoms. The molecule has 3 unspecified atom stereocenters. The van der Waals surface area contributed by atoms with Crippen molar-refractivity contribution in [1.29, 1.82) is 0 Å². The number of hydrogen-bond donors (Lipinski definition) is 1. The molecule has 1 aliphatic heterocycles. The number of anilines is 1. The van der Waals surface area contributed by atoms with Crippen molar-refractivity contribution in [1.82, 2.24) is 4.98 Å². The van der Waals surface area contributed by atoms with Crippen LogP contribution in [0.3, 0.4) is 0 Å². The van der Waals surface area contributed by atoms with Crippen LogP contribution in [0.1, 0.15) is 44.6 Å². The van der Waals surface area contributed by atoms with Gasteiger partial charge in [0, 0.05) is 18.8 Å². The van der Waals surface area contributed by atoms with Gasteiger partial charge in [-0.05, 0) is 37.3 Å². The minimum Gasteiger partial charge on any atom is -0.374 e. The fraction of sp³-hybridized carbons (Fsp3) is 0.706. The molecular formula is C17H27N3O. The molecule has 2 fully saturated rings. The molecule has 4 nitrogen and oxygen atoms in total. The number of pyridine rings is 1. The van der Waals surface area contributed by atoms with Crippen molar-refractivity contribution in [3.8, 4) is 0 Å². The summed E-state index contributed by atoms with van der Waals surface area (Å²) in [6.07, 6.45) is 9.23. The number of fused-ring (bicyclic) bond motifs is 1. The molecule has 1 aromatic heterocycles. The lowest BCUT2D eigenvalue weighted by molar-refractivity contribution is -0.00905. The van der Waals surface area contributed by atoms with Gasteiger partial charge in [-0.3, -0.25) is 0 Å². The highest BCUT2D eigenvalue weighted by molar-refractivity contribution is 5.49. The Bertz CT molecular complexity index is 463. The maximum absolute atomic E-state index is 6.16. The van der Waals surface area contributed by atoms with Crippen molar-refractivity contribution < 1.29 is 4.74 Å². The Morgan fingerprint density at radius 1 is 1.43 bits per heavy atom. The predicted octanol–water partition coefficient (Wildman–Crippen LogP) is 2.51. The van der Waals surface area contributed by atoms with E-state index in [9.17, 15) is 0 Å². The molecule has 0 amide bonds. The molecule has 2 heterocycles. The van der Waals surface area contributed by atoms with Crippen molar-refractivity contribution in [2.45, 2.75) is 63.6 Å². The SMILES string of the molecule is CCC(N)Cc1cccnc1N1CCOC2CCCCC21. The van der Waals surface area contributed by atoms with Gasteiger partial charge in [0.1, 0.15) is 5.82 Å². The smallest absolute Gasteiger partial charge is 0.132 e. The van der Waals surface area contributed by atoms with Crippen LogP contribution in [0.2, 0.25) is 0 Å². The van der Waals surface area contributed by atoms with Crippen LogP contribution in [0.15, 0.2) is 18.3 Å². The van der Waals surface area contributed by atoms with Gasteiger partial charge in [0.2, 0.25) is 0 Å². The maximum atomic E-state index is 6.16. The molecule has 2 aliphatic rings. The summed E-state index contributed by atoms with van der Waals surface area (Å²) in [4.78, 5) is 7.19. The van der Waals surface area contributed by atoms with Gasteiger partial charge in [-0.15, -0.1) is 0 Å². The fourth-order valence-electron chi connectivity index (χ4n) is 3.63. The number of nitrogens with two attached hydrogens (primary N) is 1. The van der Waals surface area contributed by atoms with Crippen LogP contribution in [0.25, 0.3) is 0 Å². The average molecular weight is 289 g/mol. The summed E-state index contributed by atoms with van der Waals surface area (Å²) < 4.78 is 5.98. The van der Waals surface area contributed by atoms with Gasteiger partial charge in [0.25, 0.3) is 0 Å². The van der Waals surface area contributed by atoms with Crippen LogP contribution in [0, 0.1) is 0 Å². The molecule has 3 rings (SSSR count). The van der Waals surface area contributed by atoms with E-state index in [-0.39, 0.29) is 6.04 Å². The summed E-state index contributed by atoms with van der Waals surface area (Å²) in [5.74, 6) is 1.14. The Balaban J connectivity index is 1.84. The van der Waals surface area contributed by atoms with Gasteiger partial charge in [-0.25, -0.2) is 4.98 Å². The predicted molar refractivity (Wildman–Crippen MR) is 85.5 cm³/mol. The lowest BCUT2D eigenvalue weighted by Gasteiger charge is -2.45. The second-order valence-corrected chi connectivity index (χ2v) is 6.31. The van der Waals surface area contributed by atoms with Gasteiger partial charge >= 0.3 is 0 Å². The van der Waals surface area contributed by atoms with E-state index in [0.29, 0.717) is 12.1 Å². The molecule has 0 bridgehead atoms. The number of ether oxygens (including phenoxy) is 1. The molecule has 0 aromatic carbocycles. The lowest BCUT2D eigenvalue weighted by atomic mass is 9.89. The van der Waals surface area contributed by atoms with Crippen LogP contribution in [-0.2, 0) is 11.2 Å². The first-order chi connectivity index (χ1) is 10.3. The highest BCUT2D eigenvalue weighted by Crippen LogP contribution is 2.32. The zero-order valence-corrected chi connectivity index (χ0v) is 13.0. The van der Waals surface area contributed by atoms with Crippen LogP contribution in [0.5, 0.6) is 0 Å². The van der Waals surface area contributed by atoms with E-state index in [4.69, 9.17) is 15.5 Å². The lowest BCUT2D eigenvalue weighted by Crippen LogP contribution is -2.53. The Morgan fingerprint density at radius 2 is 2.29 bits per heavy atom. The summed E-state index contributed by atoms with van der Waals surface area (Å²) in [6, 6.07) is 4.93. The molecule has 3 atom stereocenters. The number of rotatable bonds is 4. The topological polar surface area (TPSA) is 51.4 Å². The molecule has 116 valence electrons. The second kappa shape index (κ2) is 6.75. The Morgan fingerprint density at radius 3 is 3.14 bits per heavy atom. The first-order valence-electron chi connectivity index (χ1n) is 8.37. The Kier molecular flexibility index (Phi) is 4.76. The molecular weight excluding hydrogens is 262 g/mol. The summed E-state index contributed by atoms with van der Waals surface area (Å²) in [6.45, 7) is 3.91. The van der Waals surface area contributed by atoms with Crippen molar-refractivity contribution in [2.24, 2.45) is 5.73 Å². The molecule has 1 saturated heterocycles. The van der Waals surface area contributed by atoms with Crippen LogP contribution in [-0.4, -0.2) is 36.3 Å². The molecule has 2 N–H and O–H groups in total. The fourth-order valence-corrected chi connectivity index (χ4v) is 3.63. The van der Waals surface area contributed by atoms with E-state index in [2.05, 4.69) is 17.9 Å². The zero-order chi connectivity index (χ0) is 14.7. The van der Waals surface area contributed by atoms with Gasteiger partial charge < -0.3 is 15.4 Å². The largest absolute Gasteiger partial charge is 0.374 e. The van der Waals surface area contributed by atoms with Gasteiger partial charge in [-0.2, -0.15) is 0 Å². The van der Waals surface area contributed by atoms with Crippen molar-refractivity contribution in [3.05, 3.63) is 23.9 Å². The quantitative estimate of drug-likeness (QED) is 0.925. The average Bonchev–Trinajstić information content (AvgIpc) is 2.55. The van der Waals surface area contributed by atoms with Crippen molar-refractivity contribution in [2.75, 3.05) is 18.1 Å². The highest BCUT2D eigenvalue weighted by Gasteiger charge is 2.35. The Hall–Kier alpha value is -1.13. The zero-order valence-electron chi connectivity index (χ0n) is 13.0. The summed E-state index contributed by atoms with van der Waals surface area (Å²) in [5, 5.41) is 0. The second-order valence-electron chi connectivity index (χ2n) is 6.31. The Labute approximate surface area is 127 Å². The van der Waals surface area contributed by atoms with Crippen molar-refractivity contribution >= 4 is 5.82 Å². The van der Waals surface area contributed by atoms with E-state index in [1.165, 1.54) is 31.2 Å². The third-order valence-electron chi connectivity index (χ3n) is 4.88. The molecule has 21 heavy (non-hydrogen) atoms. The first kappa shape index (κ1) is 14.8. The summed E-state index contributed by atoms with van der Waals surface area (Å²) >= 11 is 0. The van der Waals surface area contributed by atoms with E-state index < -0.39 is 0 Å². The number of nitrogens with zero attached hydrogens (tertiary/aromatic N) is 2. The monoisotopic (exact) mass is 289 g/mol. The molecule has 1 saturated carbocycles. The molecule has 1 aromatic rings. The highest BCUT2D eigenvalue weighted by atomic mass is 16.5. The van der Waals surface area contributed by atoms with Crippen molar-refractivity contribution in [3.63, 3.8) is 0 Å². The van der Waals surface area contributed by atoms with Gasteiger partial charge in [-0.1, -0.05) is 25.8 Å². The summed E-state index contributed by atoms with van der Waals surface area (Å²) in [5.41, 5.74) is 7.45.